The van der Waals surface area contributed by atoms with Crippen LogP contribution in [0, 0.1) is 0 Å². The summed E-state index contributed by atoms with van der Waals surface area (Å²) in [5.74, 6) is -2.30. The molecule has 0 saturated heterocycles. The Morgan fingerprint density at radius 2 is 0.621 bits per heavy atom. The van der Waals surface area contributed by atoms with Crippen LogP contribution >= 0.6 is 0 Å². The average Bonchev–Trinajstić information content (AvgIpc) is 3.57. The van der Waals surface area contributed by atoms with Gasteiger partial charge >= 0.3 is 11.9 Å². The van der Waals surface area contributed by atoms with Crippen LogP contribution in [-0.4, -0.2) is 82.3 Å². The van der Waals surface area contributed by atoms with Crippen molar-refractivity contribution < 1.29 is 42.9 Å². The first kappa shape index (κ1) is 81.9. The molecule has 0 aliphatic rings. The third-order valence-corrected chi connectivity index (χ3v) is 14.3. The van der Waals surface area contributed by atoms with Crippen molar-refractivity contribution >= 4 is 17.9 Å². The number of quaternary nitrogens is 1. The highest BCUT2D eigenvalue weighted by Gasteiger charge is 2.22. The largest absolute Gasteiger partial charge is 0.545 e. The fourth-order valence-electron chi connectivity index (χ4n) is 9.05. The fraction of sp³-hybridized carbons (Fsp3) is 0.628. The predicted molar refractivity (Wildman–Crippen MR) is 370 cm³/mol. The Hall–Kier alpha value is -5.09. The van der Waals surface area contributed by atoms with Crippen molar-refractivity contribution in [2.24, 2.45) is 0 Å². The molecule has 0 bridgehead atoms. The lowest BCUT2D eigenvalue weighted by Gasteiger charge is -2.26. The van der Waals surface area contributed by atoms with Crippen LogP contribution in [0.4, 0.5) is 0 Å². The number of hydrogen-bond acceptors (Lipinski definition) is 8. The standard InChI is InChI=1S/C78H127NO8/c1-6-8-10-12-14-16-18-20-22-24-26-28-30-32-33-34-35-36-37-38-39-40-41-42-43-45-47-49-51-53-55-57-59-61-63-65-67-69-76(81)87-74(73-86-78(77(82)83)84-71-70-79(3,4)5)72-85-75(80)68-66-64-62-60-58-56-54-52-50-48-46-44-31-29-27-25-23-21-19-17-15-13-11-9-7-2/h8-11,14-17,20-23,26-29,32-33,35-36,38-39,41-42,44,46,74,78H,6-7,12-13,18-19,24-25,30-31,34,37,40,43,45,47-73H2,1-5H3/b10-8-,11-9-,16-14-,17-15-,22-20-,23-21-,28-26-,29-27-,33-32-,36-35-,39-38-,42-41-,46-44-. The summed E-state index contributed by atoms with van der Waals surface area (Å²) in [6.07, 6.45) is 96.0. The van der Waals surface area contributed by atoms with Crippen LogP contribution in [0.3, 0.4) is 0 Å². The third-order valence-electron chi connectivity index (χ3n) is 14.3. The summed E-state index contributed by atoms with van der Waals surface area (Å²) in [5, 5.41) is 11.8. The van der Waals surface area contributed by atoms with Crippen LogP contribution in [0.15, 0.2) is 158 Å². The van der Waals surface area contributed by atoms with Gasteiger partial charge in [0.05, 0.1) is 40.3 Å². The van der Waals surface area contributed by atoms with Gasteiger partial charge in [0, 0.05) is 12.8 Å². The molecule has 0 saturated carbocycles. The maximum atomic E-state index is 12.9. The van der Waals surface area contributed by atoms with Gasteiger partial charge in [-0.3, -0.25) is 9.59 Å². The fourth-order valence-corrected chi connectivity index (χ4v) is 9.05. The number of unbranched alkanes of at least 4 members (excludes halogenated alkanes) is 21. The van der Waals surface area contributed by atoms with Crippen LogP contribution in [0.1, 0.15) is 258 Å². The molecule has 0 aliphatic heterocycles. The van der Waals surface area contributed by atoms with E-state index in [4.69, 9.17) is 18.9 Å². The number of aliphatic carboxylic acids is 1. The molecular formula is C78H127NO8. The van der Waals surface area contributed by atoms with Crippen LogP contribution < -0.4 is 5.11 Å². The maximum absolute atomic E-state index is 12.9. The van der Waals surface area contributed by atoms with Gasteiger partial charge in [0.1, 0.15) is 13.2 Å². The third kappa shape index (κ3) is 68.3. The Kier molecular flexibility index (Phi) is 62.9. The van der Waals surface area contributed by atoms with Crippen LogP contribution in [0.5, 0.6) is 0 Å². The molecular weight excluding hydrogens is 1080 g/mol. The number of nitrogens with zero attached hydrogens (tertiary/aromatic N) is 1. The minimum absolute atomic E-state index is 0.139. The molecule has 9 nitrogen and oxygen atoms in total. The van der Waals surface area contributed by atoms with E-state index in [2.05, 4.69) is 172 Å². The van der Waals surface area contributed by atoms with E-state index in [-0.39, 0.29) is 38.6 Å². The molecule has 0 spiro atoms. The zero-order chi connectivity index (χ0) is 63.3. The number of esters is 2. The number of carbonyl (C=O) groups is 3. The maximum Gasteiger partial charge on any atom is 0.306 e. The number of likely N-dealkylation sites (N-methyl/N-ethyl adjacent to an activating group) is 1. The van der Waals surface area contributed by atoms with E-state index in [0.29, 0.717) is 17.4 Å². The zero-order valence-electron chi connectivity index (χ0n) is 56.1. The Balaban J connectivity index is 4.17. The molecule has 0 rings (SSSR count). The molecule has 0 heterocycles. The van der Waals surface area contributed by atoms with Gasteiger partial charge in [-0.25, -0.2) is 0 Å². The van der Waals surface area contributed by atoms with E-state index in [1.807, 2.05) is 21.1 Å². The van der Waals surface area contributed by atoms with Crippen LogP contribution in [0.2, 0.25) is 0 Å². The molecule has 87 heavy (non-hydrogen) atoms. The highest BCUT2D eigenvalue weighted by Crippen LogP contribution is 2.16. The Bertz CT molecular complexity index is 1990. The highest BCUT2D eigenvalue weighted by molar-refractivity contribution is 5.70. The smallest absolute Gasteiger partial charge is 0.306 e. The number of carboxylic acids is 1. The molecule has 0 amide bonds. The van der Waals surface area contributed by atoms with Crippen molar-refractivity contribution in [3.05, 3.63) is 158 Å². The number of carbonyl (C=O) groups excluding carboxylic acids is 3. The SMILES string of the molecule is CC/C=C\C/C=C\C/C=C\C/C=C\C/C=C\C/C=C\C/C=C\C/C=C\CCCCCCCCCCCCCCC(=O)OC(COC(=O)CCCCCCCCCCC/C=C\C/C=C\C/C=C\C/C=C\C/C=C\CC)COC(OCC[N+](C)(C)C)C(=O)[O-]. The van der Waals surface area contributed by atoms with Gasteiger partial charge in [0.15, 0.2) is 12.4 Å². The second-order valence-electron chi connectivity index (χ2n) is 23.7. The van der Waals surface area contributed by atoms with Crippen molar-refractivity contribution in [1.82, 2.24) is 0 Å². The summed E-state index contributed by atoms with van der Waals surface area (Å²) in [6.45, 7) is 4.50. The van der Waals surface area contributed by atoms with E-state index >= 15 is 0 Å². The number of carboxylic acid groups (broad SMARTS) is 1. The normalized spacial score (nSPS) is 13.7. The second kappa shape index (κ2) is 66.9. The van der Waals surface area contributed by atoms with E-state index in [9.17, 15) is 19.5 Å². The Labute approximate surface area is 534 Å². The first-order valence-corrected chi connectivity index (χ1v) is 34.6. The molecule has 0 N–H and O–H groups in total. The monoisotopic (exact) mass is 1210 g/mol. The van der Waals surface area contributed by atoms with Gasteiger partial charge in [-0.05, 0) is 122 Å². The Morgan fingerprint density at radius 1 is 0.345 bits per heavy atom. The second-order valence-corrected chi connectivity index (χ2v) is 23.7. The molecule has 0 radical (unpaired) electrons. The van der Waals surface area contributed by atoms with Crippen molar-refractivity contribution in [2.75, 3.05) is 47.5 Å². The number of ether oxygens (including phenoxy) is 4. The van der Waals surface area contributed by atoms with Gasteiger partial charge in [-0.15, -0.1) is 0 Å². The molecule has 2 atom stereocenters. The molecule has 0 aromatic rings. The summed E-state index contributed by atoms with van der Waals surface area (Å²) in [4.78, 5) is 37.5. The number of hydrogen-bond donors (Lipinski definition) is 0. The van der Waals surface area contributed by atoms with Gasteiger partial charge in [0.25, 0.3) is 0 Å². The van der Waals surface area contributed by atoms with E-state index < -0.39 is 24.3 Å². The molecule has 492 valence electrons. The molecule has 0 fully saturated rings. The molecule has 0 aromatic carbocycles. The number of allylic oxidation sites excluding steroid dienone is 26. The van der Waals surface area contributed by atoms with Crippen molar-refractivity contribution in [3.63, 3.8) is 0 Å². The van der Waals surface area contributed by atoms with E-state index in [1.54, 1.807) is 0 Å². The Morgan fingerprint density at radius 3 is 0.920 bits per heavy atom. The first-order chi connectivity index (χ1) is 42.6. The average molecular weight is 1210 g/mol. The van der Waals surface area contributed by atoms with Crippen molar-refractivity contribution in [3.8, 4) is 0 Å². The summed E-state index contributed by atoms with van der Waals surface area (Å²) in [6, 6.07) is 0. The summed E-state index contributed by atoms with van der Waals surface area (Å²) >= 11 is 0. The van der Waals surface area contributed by atoms with Gasteiger partial charge in [0.2, 0.25) is 0 Å². The minimum Gasteiger partial charge on any atom is -0.545 e. The summed E-state index contributed by atoms with van der Waals surface area (Å²) < 4.78 is 22.8. The lowest BCUT2D eigenvalue weighted by atomic mass is 10.0. The van der Waals surface area contributed by atoms with Gasteiger partial charge < -0.3 is 33.3 Å². The summed E-state index contributed by atoms with van der Waals surface area (Å²) in [5.41, 5.74) is 0. The topological polar surface area (TPSA) is 111 Å². The lowest BCUT2D eigenvalue weighted by Crippen LogP contribution is -2.44. The predicted octanol–water partition coefficient (Wildman–Crippen LogP) is 20.4. The van der Waals surface area contributed by atoms with E-state index in [0.717, 1.165) is 141 Å². The molecule has 9 heteroatoms. The van der Waals surface area contributed by atoms with Gasteiger partial charge in [-0.2, -0.15) is 0 Å². The molecule has 0 aromatic heterocycles. The van der Waals surface area contributed by atoms with Crippen molar-refractivity contribution in [2.45, 2.75) is 270 Å². The van der Waals surface area contributed by atoms with Crippen LogP contribution in [0.25, 0.3) is 0 Å². The van der Waals surface area contributed by atoms with Crippen molar-refractivity contribution in [1.29, 1.82) is 0 Å². The minimum atomic E-state index is -1.63. The zero-order valence-corrected chi connectivity index (χ0v) is 56.1. The quantitative estimate of drug-likeness (QED) is 0.0195. The van der Waals surface area contributed by atoms with E-state index in [1.165, 1.54) is 83.5 Å². The summed E-state index contributed by atoms with van der Waals surface area (Å²) in [7, 11) is 5.92. The highest BCUT2D eigenvalue weighted by atomic mass is 16.7. The van der Waals surface area contributed by atoms with Gasteiger partial charge in [-0.1, -0.05) is 281 Å². The number of rotatable bonds is 62. The lowest BCUT2D eigenvalue weighted by molar-refractivity contribution is -0.870. The van der Waals surface area contributed by atoms with Crippen LogP contribution in [-0.2, 0) is 33.3 Å². The first-order valence-electron chi connectivity index (χ1n) is 34.6. The molecule has 0 aliphatic carbocycles. The molecule has 2 unspecified atom stereocenters.